The van der Waals surface area contributed by atoms with Crippen molar-refractivity contribution in [1.82, 2.24) is 10.2 Å². The summed E-state index contributed by atoms with van der Waals surface area (Å²) in [5, 5.41) is 2.81. The molecule has 2 unspecified atom stereocenters. The third kappa shape index (κ3) is 5.27. The molecule has 5 nitrogen and oxygen atoms in total. The van der Waals surface area contributed by atoms with Gasteiger partial charge in [-0.3, -0.25) is 9.59 Å². The van der Waals surface area contributed by atoms with Crippen LogP contribution in [0.4, 0.5) is 0 Å². The Hall–Kier alpha value is -1.10. The molecule has 1 saturated heterocycles. The Bertz CT molecular complexity index is 378. The quantitative estimate of drug-likeness (QED) is 0.811. The summed E-state index contributed by atoms with van der Waals surface area (Å²) in [5.41, 5.74) is 5.95. The van der Waals surface area contributed by atoms with Gasteiger partial charge < -0.3 is 16.0 Å². The van der Waals surface area contributed by atoms with E-state index in [-0.39, 0.29) is 24.4 Å². The van der Waals surface area contributed by atoms with Gasteiger partial charge in [0.15, 0.2) is 0 Å². The van der Waals surface area contributed by atoms with Gasteiger partial charge in [-0.2, -0.15) is 0 Å². The summed E-state index contributed by atoms with van der Waals surface area (Å²) in [6, 6.07) is 0.122. The van der Waals surface area contributed by atoms with Crippen molar-refractivity contribution in [1.29, 1.82) is 0 Å². The minimum atomic E-state index is 0.0287. The number of carbonyl (C=O) groups is 2. The van der Waals surface area contributed by atoms with E-state index in [4.69, 9.17) is 5.73 Å². The maximum absolute atomic E-state index is 12.2. The molecule has 0 aromatic rings. The molecular weight excluding hydrogens is 278 g/mol. The lowest BCUT2D eigenvalue weighted by molar-refractivity contribution is -0.134. The van der Waals surface area contributed by atoms with Crippen LogP contribution in [-0.2, 0) is 9.59 Å². The summed E-state index contributed by atoms with van der Waals surface area (Å²) in [4.78, 5) is 26.1. The average Bonchev–Trinajstić information content (AvgIpc) is 2.53. The SMILES string of the molecule is CC(N)C1CCCN(C(=O)CNC(=O)CC2CCCCC2)C1. The van der Waals surface area contributed by atoms with E-state index in [1.165, 1.54) is 19.3 Å². The number of hydrogen-bond donors (Lipinski definition) is 2. The van der Waals surface area contributed by atoms with Gasteiger partial charge in [-0.15, -0.1) is 0 Å². The lowest BCUT2D eigenvalue weighted by atomic mass is 9.87. The molecule has 1 heterocycles. The predicted octanol–water partition coefficient (Wildman–Crippen LogP) is 1.66. The number of amides is 2. The van der Waals surface area contributed by atoms with Gasteiger partial charge in [0.05, 0.1) is 6.54 Å². The van der Waals surface area contributed by atoms with Crippen LogP contribution in [0, 0.1) is 11.8 Å². The Balaban J connectivity index is 1.69. The van der Waals surface area contributed by atoms with Crippen molar-refractivity contribution in [2.45, 2.75) is 64.3 Å². The Morgan fingerprint density at radius 3 is 2.59 bits per heavy atom. The molecule has 0 aromatic heterocycles. The van der Waals surface area contributed by atoms with Gasteiger partial charge in [0, 0.05) is 25.6 Å². The van der Waals surface area contributed by atoms with Crippen LogP contribution in [0.5, 0.6) is 0 Å². The molecule has 5 heteroatoms. The van der Waals surface area contributed by atoms with Crippen molar-refractivity contribution in [3.8, 4) is 0 Å². The molecule has 2 amide bonds. The molecule has 1 saturated carbocycles. The molecule has 3 N–H and O–H groups in total. The Labute approximate surface area is 134 Å². The maximum atomic E-state index is 12.2. The first-order chi connectivity index (χ1) is 10.6. The van der Waals surface area contributed by atoms with Gasteiger partial charge in [-0.1, -0.05) is 19.3 Å². The van der Waals surface area contributed by atoms with Crippen LogP contribution < -0.4 is 11.1 Å². The number of likely N-dealkylation sites (tertiary alicyclic amines) is 1. The molecule has 2 fully saturated rings. The average molecular weight is 309 g/mol. The number of nitrogens with one attached hydrogen (secondary N) is 1. The first-order valence-corrected chi connectivity index (χ1v) is 8.86. The van der Waals surface area contributed by atoms with Crippen molar-refractivity contribution in [2.75, 3.05) is 19.6 Å². The zero-order valence-corrected chi connectivity index (χ0v) is 13.9. The van der Waals surface area contributed by atoms with Gasteiger partial charge in [0.1, 0.15) is 0 Å². The fourth-order valence-corrected chi connectivity index (χ4v) is 3.68. The van der Waals surface area contributed by atoms with Crippen molar-refractivity contribution >= 4 is 11.8 Å². The summed E-state index contributed by atoms with van der Waals surface area (Å²) in [7, 11) is 0. The normalized spacial score (nSPS) is 24.8. The molecule has 126 valence electrons. The Kier molecular flexibility index (Phi) is 6.68. The highest BCUT2D eigenvalue weighted by Crippen LogP contribution is 2.26. The zero-order chi connectivity index (χ0) is 15.9. The van der Waals surface area contributed by atoms with Crippen LogP contribution >= 0.6 is 0 Å². The molecule has 0 bridgehead atoms. The van der Waals surface area contributed by atoms with E-state index in [1.54, 1.807) is 0 Å². The van der Waals surface area contributed by atoms with E-state index in [1.807, 2.05) is 11.8 Å². The van der Waals surface area contributed by atoms with E-state index < -0.39 is 0 Å². The topological polar surface area (TPSA) is 75.4 Å². The summed E-state index contributed by atoms with van der Waals surface area (Å²) in [6.45, 7) is 3.66. The highest BCUT2D eigenvalue weighted by Gasteiger charge is 2.26. The van der Waals surface area contributed by atoms with E-state index in [9.17, 15) is 9.59 Å². The highest BCUT2D eigenvalue weighted by molar-refractivity contribution is 5.84. The molecular formula is C17H31N3O2. The summed E-state index contributed by atoms with van der Waals surface area (Å²) in [6.07, 6.45) is 8.77. The minimum absolute atomic E-state index is 0.0287. The molecule has 0 spiro atoms. The van der Waals surface area contributed by atoms with Crippen LogP contribution in [0.2, 0.25) is 0 Å². The van der Waals surface area contributed by atoms with Crippen LogP contribution in [0.15, 0.2) is 0 Å². The van der Waals surface area contributed by atoms with Crippen molar-refractivity contribution in [3.63, 3.8) is 0 Å². The molecule has 0 radical (unpaired) electrons. The summed E-state index contributed by atoms with van der Waals surface area (Å²) in [5.74, 6) is 0.959. The van der Waals surface area contributed by atoms with E-state index in [0.717, 1.165) is 38.8 Å². The fraction of sp³-hybridized carbons (Fsp3) is 0.882. The molecule has 1 aliphatic carbocycles. The number of nitrogens with zero attached hydrogens (tertiary/aromatic N) is 1. The highest BCUT2D eigenvalue weighted by atomic mass is 16.2. The number of nitrogens with two attached hydrogens (primary N) is 1. The van der Waals surface area contributed by atoms with Crippen molar-refractivity contribution < 1.29 is 9.59 Å². The molecule has 2 aliphatic rings. The number of rotatable bonds is 5. The second-order valence-corrected chi connectivity index (χ2v) is 7.09. The number of carbonyl (C=O) groups excluding carboxylic acids is 2. The molecule has 2 rings (SSSR count). The van der Waals surface area contributed by atoms with Crippen LogP contribution in [0.1, 0.15) is 58.3 Å². The third-order valence-electron chi connectivity index (χ3n) is 5.19. The van der Waals surface area contributed by atoms with Crippen molar-refractivity contribution in [3.05, 3.63) is 0 Å². The van der Waals surface area contributed by atoms with Gasteiger partial charge in [-0.25, -0.2) is 0 Å². The molecule has 22 heavy (non-hydrogen) atoms. The fourth-order valence-electron chi connectivity index (χ4n) is 3.68. The summed E-state index contributed by atoms with van der Waals surface area (Å²) >= 11 is 0. The van der Waals surface area contributed by atoms with Crippen molar-refractivity contribution in [2.24, 2.45) is 17.6 Å². The first-order valence-electron chi connectivity index (χ1n) is 8.86. The van der Waals surface area contributed by atoms with Gasteiger partial charge in [0.2, 0.25) is 11.8 Å². The minimum Gasteiger partial charge on any atom is -0.347 e. The van der Waals surface area contributed by atoms with Crippen LogP contribution in [-0.4, -0.2) is 42.4 Å². The molecule has 0 aromatic carbocycles. The molecule has 2 atom stereocenters. The number of piperidine rings is 1. The van der Waals surface area contributed by atoms with E-state index in [2.05, 4.69) is 5.32 Å². The number of hydrogen-bond acceptors (Lipinski definition) is 3. The van der Waals surface area contributed by atoms with Crippen LogP contribution in [0.25, 0.3) is 0 Å². The largest absolute Gasteiger partial charge is 0.347 e. The van der Waals surface area contributed by atoms with Gasteiger partial charge in [0.25, 0.3) is 0 Å². The lowest BCUT2D eigenvalue weighted by Gasteiger charge is -2.34. The lowest BCUT2D eigenvalue weighted by Crippen LogP contribution is -2.48. The van der Waals surface area contributed by atoms with E-state index >= 15 is 0 Å². The van der Waals surface area contributed by atoms with Crippen LogP contribution in [0.3, 0.4) is 0 Å². The van der Waals surface area contributed by atoms with Gasteiger partial charge in [-0.05, 0) is 44.4 Å². The second kappa shape index (κ2) is 8.51. The third-order valence-corrected chi connectivity index (χ3v) is 5.19. The van der Waals surface area contributed by atoms with E-state index in [0.29, 0.717) is 18.3 Å². The maximum Gasteiger partial charge on any atom is 0.241 e. The second-order valence-electron chi connectivity index (χ2n) is 7.09. The monoisotopic (exact) mass is 309 g/mol. The standard InChI is InChI=1S/C17H31N3O2/c1-13(18)15-8-5-9-20(12-15)17(22)11-19-16(21)10-14-6-3-2-4-7-14/h13-15H,2-12,18H2,1H3,(H,19,21). The first kappa shape index (κ1) is 17.3. The van der Waals surface area contributed by atoms with Gasteiger partial charge >= 0.3 is 0 Å². The predicted molar refractivity (Wildman–Crippen MR) is 87.2 cm³/mol. The smallest absolute Gasteiger partial charge is 0.241 e. The Morgan fingerprint density at radius 1 is 1.18 bits per heavy atom. The zero-order valence-electron chi connectivity index (χ0n) is 13.9. The molecule has 1 aliphatic heterocycles. The Morgan fingerprint density at radius 2 is 1.91 bits per heavy atom. The summed E-state index contributed by atoms with van der Waals surface area (Å²) < 4.78 is 0.